The van der Waals surface area contributed by atoms with Crippen molar-refractivity contribution in [2.75, 3.05) is 26.2 Å². The number of carbonyl (C=O) groups excluding carboxylic acids is 2. The lowest BCUT2D eigenvalue weighted by atomic mass is 9.28. The van der Waals surface area contributed by atoms with Crippen LogP contribution in [0.25, 0.3) is 0 Å². The van der Waals surface area contributed by atoms with Crippen LogP contribution in [0.5, 0.6) is 0 Å². The summed E-state index contributed by atoms with van der Waals surface area (Å²) in [6, 6.07) is 6.73. The Kier molecular flexibility index (Phi) is 7.65. The minimum absolute atomic E-state index is 0.133. The molecule has 8 nitrogen and oxygen atoms in total. The van der Waals surface area contributed by atoms with E-state index in [1.807, 2.05) is 6.07 Å². The molecule has 4 fully saturated rings. The number of nitrogens with two attached hydrogens (primary N) is 1. The number of hydrogen-bond acceptors (Lipinski definition) is 8. The molecule has 0 aromatic heterocycles. The highest BCUT2D eigenvalue weighted by atomic mass is 16.6. The van der Waals surface area contributed by atoms with Gasteiger partial charge in [0.25, 0.3) is 0 Å². The molecule has 8 heteroatoms. The summed E-state index contributed by atoms with van der Waals surface area (Å²) in [7, 11) is 0. The number of hydrogen-bond donors (Lipinski definition) is 2. The van der Waals surface area contributed by atoms with Gasteiger partial charge in [-0.25, -0.2) is 4.79 Å². The Hall–Kier alpha value is -3.36. The topological polar surface area (TPSA) is 105 Å². The molecule has 1 aromatic carbocycles. The minimum atomic E-state index is -1.10. The maximum Gasteiger partial charge on any atom is 0.339 e. The average molecular weight is 746 g/mol. The number of rotatable bonds is 7. The molecule has 1 aromatic rings. The van der Waals surface area contributed by atoms with Crippen molar-refractivity contribution in [2.24, 2.45) is 52.1 Å². The molecule has 0 radical (unpaired) electrons. The monoisotopic (exact) mass is 745 g/mol. The number of benzene rings is 1. The maximum atomic E-state index is 15.5. The summed E-state index contributed by atoms with van der Waals surface area (Å²) in [5.74, 6) is 2.33. The molecule has 292 valence electrons. The van der Waals surface area contributed by atoms with Crippen LogP contribution in [0.15, 0.2) is 64.3 Å². The first kappa shape index (κ1) is 34.9. The van der Waals surface area contributed by atoms with Crippen LogP contribution in [-0.2, 0) is 26.3 Å². The van der Waals surface area contributed by atoms with E-state index in [2.05, 4.69) is 54.9 Å². The molecule has 1 unspecified atom stereocenters. The highest BCUT2D eigenvalue weighted by molar-refractivity contribution is 6.00. The van der Waals surface area contributed by atoms with Gasteiger partial charge in [-0.15, -0.1) is 0 Å². The van der Waals surface area contributed by atoms with Crippen molar-refractivity contribution in [2.45, 2.75) is 122 Å². The summed E-state index contributed by atoms with van der Waals surface area (Å²) in [6.45, 7) is 10.6. The van der Waals surface area contributed by atoms with Crippen molar-refractivity contribution in [1.82, 2.24) is 9.80 Å². The van der Waals surface area contributed by atoms with Crippen molar-refractivity contribution in [3.8, 4) is 0 Å². The number of nitrogens with zero attached hydrogens (tertiary/aromatic N) is 2. The van der Waals surface area contributed by atoms with E-state index in [4.69, 9.17) is 15.2 Å². The Morgan fingerprint density at radius 3 is 2.73 bits per heavy atom. The molecule has 2 spiro atoms. The van der Waals surface area contributed by atoms with E-state index < -0.39 is 16.4 Å². The van der Waals surface area contributed by atoms with Gasteiger partial charge in [-0.05, 0) is 106 Å². The molecular weight excluding hydrogens is 687 g/mol. The third-order valence-corrected chi connectivity index (χ3v) is 17.1. The van der Waals surface area contributed by atoms with Crippen LogP contribution in [0.3, 0.4) is 0 Å². The Bertz CT molecular complexity index is 2010. The van der Waals surface area contributed by atoms with E-state index in [0.29, 0.717) is 66.8 Å². The van der Waals surface area contributed by atoms with Crippen LogP contribution >= 0.6 is 0 Å². The number of ether oxygens (including phenoxy) is 2. The number of aliphatic hydroxyl groups excluding tert-OH is 1. The zero-order chi connectivity index (χ0) is 37.6. The normalized spacial score (nSPS) is 44.1. The average Bonchev–Trinajstić information content (AvgIpc) is 3.64. The van der Waals surface area contributed by atoms with E-state index in [0.717, 1.165) is 88.5 Å². The van der Waals surface area contributed by atoms with Crippen LogP contribution < -0.4 is 5.73 Å². The second kappa shape index (κ2) is 12.1. The number of aliphatic hydroxyl groups is 1. The lowest BCUT2D eigenvalue weighted by Gasteiger charge is -2.71. The molecule has 4 aliphatic carbocycles. The van der Waals surface area contributed by atoms with Gasteiger partial charge >= 0.3 is 11.9 Å². The second-order valence-electron chi connectivity index (χ2n) is 19.3. The van der Waals surface area contributed by atoms with Gasteiger partial charge in [0, 0.05) is 55.2 Å². The minimum Gasteiger partial charge on any atom is -0.509 e. The van der Waals surface area contributed by atoms with Gasteiger partial charge in [0.15, 0.2) is 11.4 Å². The molecule has 3 saturated heterocycles. The van der Waals surface area contributed by atoms with Crippen LogP contribution in [0.1, 0.15) is 119 Å². The van der Waals surface area contributed by atoms with Gasteiger partial charge in [0.1, 0.15) is 11.2 Å². The second-order valence-corrected chi connectivity index (χ2v) is 19.3. The zero-order valence-electron chi connectivity index (χ0n) is 33.1. The third-order valence-electron chi connectivity index (χ3n) is 17.1. The van der Waals surface area contributed by atoms with Crippen molar-refractivity contribution in [3.05, 3.63) is 81.0 Å². The molecule has 13 aliphatic rings. The van der Waals surface area contributed by atoms with Crippen molar-refractivity contribution < 1.29 is 24.2 Å². The lowest BCUT2D eigenvalue weighted by Crippen LogP contribution is -2.77. The lowest BCUT2D eigenvalue weighted by molar-refractivity contribution is -0.278. The number of allylic oxidation sites excluding steroid dienone is 3. The molecule has 14 rings (SSSR count). The fourth-order valence-corrected chi connectivity index (χ4v) is 15.5. The number of fused-ring (bicyclic) bond motifs is 2. The molecule has 9 aliphatic heterocycles. The summed E-state index contributed by atoms with van der Waals surface area (Å²) >= 11 is 0. The fourth-order valence-electron chi connectivity index (χ4n) is 15.5. The molecule has 12 atom stereocenters. The van der Waals surface area contributed by atoms with Gasteiger partial charge in [-0.2, -0.15) is 0 Å². The smallest absolute Gasteiger partial charge is 0.339 e. The van der Waals surface area contributed by atoms with E-state index >= 15 is 4.79 Å². The van der Waals surface area contributed by atoms with Gasteiger partial charge in [0.2, 0.25) is 0 Å². The molecule has 0 amide bonds. The van der Waals surface area contributed by atoms with Crippen LogP contribution in [0, 0.1) is 46.3 Å². The van der Waals surface area contributed by atoms with E-state index in [1.54, 1.807) is 5.70 Å². The first-order valence-corrected chi connectivity index (χ1v) is 22.1. The predicted molar refractivity (Wildman–Crippen MR) is 209 cm³/mol. The molecule has 1 saturated carbocycles. The van der Waals surface area contributed by atoms with Crippen LogP contribution in [0.2, 0.25) is 0 Å². The van der Waals surface area contributed by atoms with E-state index in [1.165, 1.54) is 23.1 Å². The molecule has 12 bridgehead atoms. The summed E-state index contributed by atoms with van der Waals surface area (Å²) in [4.78, 5) is 35.5. The van der Waals surface area contributed by atoms with E-state index in [9.17, 15) is 9.90 Å². The molecule has 55 heavy (non-hydrogen) atoms. The maximum absolute atomic E-state index is 15.5. The number of esters is 2. The van der Waals surface area contributed by atoms with Crippen molar-refractivity contribution in [1.29, 1.82) is 0 Å². The van der Waals surface area contributed by atoms with Crippen LogP contribution in [0.4, 0.5) is 0 Å². The Morgan fingerprint density at radius 2 is 1.91 bits per heavy atom. The van der Waals surface area contributed by atoms with E-state index in [-0.39, 0.29) is 35.6 Å². The first-order chi connectivity index (χ1) is 26.7. The predicted octanol–water partition coefficient (Wildman–Crippen LogP) is 7.85. The van der Waals surface area contributed by atoms with Gasteiger partial charge < -0.3 is 25.2 Å². The quantitative estimate of drug-likeness (QED) is 0.215. The summed E-state index contributed by atoms with van der Waals surface area (Å²) < 4.78 is 13.8. The molecular formula is C47H59N3O5. The first-order valence-electron chi connectivity index (χ1n) is 22.1. The number of aryl methyl sites for hydroxylation is 1. The Morgan fingerprint density at radius 1 is 1.05 bits per heavy atom. The fraction of sp³-hybridized carbons (Fsp3) is 0.660. The highest BCUT2D eigenvalue weighted by Crippen LogP contribution is 2.87. The van der Waals surface area contributed by atoms with Gasteiger partial charge in [0.05, 0.1) is 17.0 Å². The van der Waals surface area contributed by atoms with Crippen molar-refractivity contribution >= 4 is 11.9 Å². The summed E-state index contributed by atoms with van der Waals surface area (Å²) in [6.07, 6.45) is 16.2. The zero-order valence-corrected chi connectivity index (χ0v) is 33.1. The van der Waals surface area contributed by atoms with Gasteiger partial charge in [-0.1, -0.05) is 75.1 Å². The standard InChI is InChI=1S/C47H59N3O5/c1-4-8-31-22-37(51)42-45-18-17-33-34(15-14-32-26(3)20-29-13-16-36-30-21-27(23-49(31)25-30)24-50(36)41(29)40(32)33)46(45,44(53)54-42)38(9-5-2)47(45)35-12-6-10-28(11-7-19-48)39(35)43(52)55-47/h6,10,12-13,16,26-27,30-32,36,38,40,51H,4-5,7-9,11,14-15,17-25,48H2,1-3H3/b42-37-/t26-,27+,30-,31+,32+,36-,38-,40+,45+,46-,47+/m0/s1. The van der Waals surface area contributed by atoms with Crippen molar-refractivity contribution in [3.63, 3.8) is 0 Å². The summed E-state index contributed by atoms with van der Waals surface area (Å²) in [5, 5.41) is 12.8. The largest absolute Gasteiger partial charge is 0.509 e. The van der Waals surface area contributed by atoms with Gasteiger partial charge in [-0.3, -0.25) is 9.69 Å². The number of carbonyl (C=O) groups is 2. The third kappa shape index (κ3) is 4.07. The number of piperidine rings is 2. The summed E-state index contributed by atoms with van der Waals surface area (Å²) in [5.41, 5.74) is 11.3. The Labute approximate surface area is 326 Å². The molecule has 9 heterocycles. The SMILES string of the molecule is CCC[C@@H]1C/C(O)=C2/OC(=O)[C@@]34C5=C(CC[C@@]23[C@]2(OC(=O)c3c(CCCN)cccc32)[C@H]4CCC)[C@@H]2C3=C(C=C[C@H]4[C@H]6C[C@H](CN1C6)CN34)C[C@H](C)[C@H]2CC5. The molecule has 3 N–H and O–H groups in total. The Balaban J connectivity index is 1.20. The van der Waals surface area contributed by atoms with Crippen LogP contribution in [-0.4, -0.2) is 65.1 Å². The highest BCUT2D eigenvalue weighted by Gasteiger charge is 2.93.